The molecule has 1 aliphatic rings. The van der Waals surface area contributed by atoms with Crippen LogP contribution in [-0.2, 0) is 9.31 Å². The van der Waals surface area contributed by atoms with Gasteiger partial charge in [0.25, 0.3) is 0 Å². The fraction of sp³-hybridized carbons (Fsp3) is 0.643. The molecule has 1 aliphatic heterocycles. The Kier molecular flexibility index (Phi) is 3.62. The van der Waals surface area contributed by atoms with Gasteiger partial charge in [0.1, 0.15) is 0 Å². The van der Waals surface area contributed by atoms with E-state index < -0.39 is 7.12 Å². The molecule has 0 atom stereocenters. The predicted molar refractivity (Wildman–Crippen MR) is 73.7 cm³/mol. The van der Waals surface area contributed by atoms with Crippen LogP contribution in [0.4, 0.5) is 0 Å². The van der Waals surface area contributed by atoms with Gasteiger partial charge < -0.3 is 13.7 Å². The van der Waals surface area contributed by atoms with Gasteiger partial charge >= 0.3 is 7.12 Å². The molecule has 19 heavy (non-hydrogen) atoms. The lowest BCUT2D eigenvalue weighted by Gasteiger charge is -2.32. The Labute approximate surface area is 114 Å². The molecule has 5 heteroatoms. The van der Waals surface area contributed by atoms with Gasteiger partial charge in [-0.2, -0.15) is 0 Å². The summed E-state index contributed by atoms with van der Waals surface area (Å²) in [6.07, 6.45) is 2.85. The van der Waals surface area contributed by atoms with Gasteiger partial charge in [-0.25, -0.2) is 0 Å². The van der Waals surface area contributed by atoms with Crippen LogP contribution in [0.15, 0.2) is 16.7 Å². The summed E-state index contributed by atoms with van der Waals surface area (Å²) in [5.41, 5.74) is -0.0106. The van der Waals surface area contributed by atoms with Crippen molar-refractivity contribution in [2.75, 3.05) is 0 Å². The molecular weight excluding hydrogens is 243 g/mol. The quantitative estimate of drug-likeness (QED) is 0.619. The number of carbonyl (C=O) groups excluding carboxylic acids is 1. The zero-order chi connectivity index (χ0) is 14.3. The van der Waals surface area contributed by atoms with E-state index in [2.05, 4.69) is 0 Å². The largest absolute Gasteiger partial charge is 0.498 e. The van der Waals surface area contributed by atoms with Crippen LogP contribution < -0.4 is 5.46 Å². The number of furan rings is 1. The molecule has 0 unspecified atom stereocenters. The lowest BCUT2D eigenvalue weighted by molar-refractivity contribution is 0.00578. The second kappa shape index (κ2) is 4.80. The van der Waals surface area contributed by atoms with Gasteiger partial charge in [0.15, 0.2) is 11.5 Å². The fourth-order valence-electron chi connectivity index (χ4n) is 1.95. The molecule has 0 saturated carbocycles. The smallest absolute Gasteiger partial charge is 0.462 e. The van der Waals surface area contributed by atoms with Gasteiger partial charge in [-0.05, 0) is 40.2 Å². The third-order valence-electron chi connectivity index (χ3n) is 3.90. The molecule has 0 spiro atoms. The average molecular weight is 264 g/mol. The van der Waals surface area contributed by atoms with Crippen molar-refractivity contribution in [3.8, 4) is 0 Å². The Hall–Kier alpha value is -1.07. The molecule has 104 valence electrons. The number of hydrogen-bond acceptors (Lipinski definition) is 4. The van der Waals surface area contributed by atoms with Crippen LogP contribution in [0.1, 0.15) is 58.0 Å². The first-order chi connectivity index (χ1) is 8.77. The molecule has 0 bridgehead atoms. The maximum atomic E-state index is 11.8. The number of ketones is 1. The van der Waals surface area contributed by atoms with Crippen molar-refractivity contribution in [2.45, 2.75) is 58.7 Å². The summed E-state index contributed by atoms with van der Waals surface area (Å²) in [6, 6.07) is 1.72. The van der Waals surface area contributed by atoms with Crippen LogP contribution in [0.5, 0.6) is 0 Å². The molecule has 0 aliphatic carbocycles. The number of rotatable bonds is 4. The van der Waals surface area contributed by atoms with E-state index in [1.54, 1.807) is 12.3 Å². The highest BCUT2D eigenvalue weighted by atomic mass is 16.7. The molecule has 2 rings (SSSR count). The molecule has 0 amide bonds. The Morgan fingerprint density at radius 3 is 2.32 bits per heavy atom. The van der Waals surface area contributed by atoms with E-state index in [0.717, 1.165) is 11.9 Å². The summed E-state index contributed by atoms with van der Waals surface area (Å²) in [4.78, 5) is 11.8. The predicted octanol–water partition coefficient (Wildman–Crippen LogP) is 2.56. The molecular formula is C14H21BO4. The first-order valence-corrected chi connectivity index (χ1v) is 6.74. The monoisotopic (exact) mass is 264 g/mol. The van der Waals surface area contributed by atoms with Gasteiger partial charge in [-0.3, -0.25) is 4.79 Å². The van der Waals surface area contributed by atoms with E-state index in [1.165, 1.54) is 0 Å². The summed E-state index contributed by atoms with van der Waals surface area (Å²) in [5, 5.41) is 0. The maximum absolute atomic E-state index is 11.8. The zero-order valence-corrected chi connectivity index (χ0v) is 12.3. The summed E-state index contributed by atoms with van der Waals surface area (Å²) in [5.74, 6) is 0.400. The van der Waals surface area contributed by atoms with E-state index in [9.17, 15) is 4.79 Å². The molecule has 1 aromatic heterocycles. The fourth-order valence-corrected chi connectivity index (χ4v) is 1.95. The summed E-state index contributed by atoms with van der Waals surface area (Å²) in [7, 11) is -0.475. The minimum atomic E-state index is -0.475. The molecule has 2 heterocycles. The van der Waals surface area contributed by atoms with Crippen molar-refractivity contribution in [2.24, 2.45) is 0 Å². The minimum Gasteiger partial charge on any atom is -0.462 e. The van der Waals surface area contributed by atoms with E-state index in [0.29, 0.717) is 12.2 Å². The maximum Gasteiger partial charge on any atom is 0.498 e. The van der Waals surface area contributed by atoms with Gasteiger partial charge in [0, 0.05) is 11.9 Å². The van der Waals surface area contributed by atoms with Crippen LogP contribution in [0, 0.1) is 0 Å². The van der Waals surface area contributed by atoms with E-state index in [-0.39, 0.29) is 17.0 Å². The number of hydrogen-bond donors (Lipinski definition) is 0. The Morgan fingerprint density at radius 2 is 1.79 bits per heavy atom. The van der Waals surface area contributed by atoms with Crippen molar-refractivity contribution < 1.29 is 18.5 Å². The van der Waals surface area contributed by atoms with Crippen LogP contribution in [0.25, 0.3) is 0 Å². The lowest BCUT2D eigenvalue weighted by atomic mass is 9.81. The summed E-state index contributed by atoms with van der Waals surface area (Å²) in [6.45, 7) is 9.95. The van der Waals surface area contributed by atoms with Gasteiger partial charge in [-0.1, -0.05) is 6.92 Å². The second-order valence-electron chi connectivity index (χ2n) is 6.01. The lowest BCUT2D eigenvalue weighted by Crippen LogP contribution is -2.41. The standard InChI is InChI=1S/C14H21BO4/c1-6-7-11(16)12-8-10(9-17-12)15-18-13(2,3)14(4,5)19-15/h8-9H,6-7H2,1-5H3. The van der Waals surface area contributed by atoms with E-state index >= 15 is 0 Å². The van der Waals surface area contributed by atoms with Gasteiger partial charge in [0.05, 0.1) is 17.5 Å². The zero-order valence-electron chi connectivity index (χ0n) is 12.3. The molecule has 4 nitrogen and oxygen atoms in total. The van der Waals surface area contributed by atoms with Crippen molar-refractivity contribution in [3.05, 3.63) is 18.1 Å². The van der Waals surface area contributed by atoms with Crippen LogP contribution >= 0.6 is 0 Å². The Morgan fingerprint density at radius 1 is 1.21 bits per heavy atom. The highest BCUT2D eigenvalue weighted by Gasteiger charge is 2.52. The van der Waals surface area contributed by atoms with Crippen LogP contribution in [-0.4, -0.2) is 24.1 Å². The molecule has 0 aromatic carbocycles. The topological polar surface area (TPSA) is 48.7 Å². The summed E-state index contributed by atoms with van der Waals surface area (Å²) < 4.78 is 17.1. The second-order valence-corrected chi connectivity index (χ2v) is 6.01. The van der Waals surface area contributed by atoms with Crippen LogP contribution in [0.3, 0.4) is 0 Å². The Balaban J connectivity index is 2.15. The van der Waals surface area contributed by atoms with E-state index in [1.807, 2.05) is 34.6 Å². The normalized spacial score (nSPS) is 20.8. The van der Waals surface area contributed by atoms with Gasteiger partial charge in [0.2, 0.25) is 0 Å². The molecule has 1 saturated heterocycles. The van der Waals surface area contributed by atoms with Crippen LogP contribution in [0.2, 0.25) is 0 Å². The van der Waals surface area contributed by atoms with Crippen molar-refractivity contribution in [1.29, 1.82) is 0 Å². The SMILES string of the molecule is CCCC(=O)c1cc(B2OC(C)(C)C(C)(C)O2)co1. The average Bonchev–Trinajstić information content (AvgIpc) is 2.83. The Bertz CT molecular complexity index is 460. The third kappa shape index (κ3) is 2.62. The molecule has 1 aromatic rings. The highest BCUT2D eigenvalue weighted by molar-refractivity contribution is 6.62. The highest BCUT2D eigenvalue weighted by Crippen LogP contribution is 2.36. The van der Waals surface area contributed by atoms with E-state index in [4.69, 9.17) is 13.7 Å². The first-order valence-electron chi connectivity index (χ1n) is 6.74. The van der Waals surface area contributed by atoms with Crippen molar-refractivity contribution in [1.82, 2.24) is 0 Å². The first kappa shape index (κ1) is 14.3. The molecule has 0 N–H and O–H groups in total. The molecule has 1 fully saturated rings. The van der Waals surface area contributed by atoms with Crippen molar-refractivity contribution >= 4 is 18.4 Å². The van der Waals surface area contributed by atoms with Crippen molar-refractivity contribution in [3.63, 3.8) is 0 Å². The number of Topliss-reactive ketones (excluding diaryl/α,β-unsaturated/α-hetero) is 1. The van der Waals surface area contributed by atoms with Gasteiger partial charge in [-0.15, -0.1) is 0 Å². The summed E-state index contributed by atoms with van der Waals surface area (Å²) >= 11 is 0. The number of carbonyl (C=O) groups is 1. The minimum absolute atomic E-state index is 0.0188. The molecule has 0 radical (unpaired) electrons. The third-order valence-corrected chi connectivity index (χ3v) is 3.90.